The Morgan fingerprint density at radius 3 is 2.73 bits per heavy atom. The van der Waals surface area contributed by atoms with Crippen LogP contribution in [0.1, 0.15) is 0 Å². The number of hydrogen-bond donors (Lipinski definition) is 1. The van der Waals surface area contributed by atoms with Gasteiger partial charge in [0.15, 0.2) is 6.20 Å². The van der Waals surface area contributed by atoms with Crippen LogP contribution in [0.4, 0.5) is 0 Å². The van der Waals surface area contributed by atoms with Crippen LogP contribution in [0.3, 0.4) is 0 Å². The summed E-state index contributed by atoms with van der Waals surface area (Å²) in [6, 6.07) is 3.56. The first-order valence-corrected chi connectivity index (χ1v) is 2.88. The number of carbonyl (C=O) groups excluding carboxylic acids is 1. The van der Waals surface area contributed by atoms with E-state index < -0.39 is 0 Å². The Hall–Kier alpha value is -1.16. The van der Waals surface area contributed by atoms with Gasteiger partial charge in [0.05, 0.1) is 6.20 Å². The number of nitrogens with two attached hydrogens (primary N) is 1. The van der Waals surface area contributed by atoms with Crippen molar-refractivity contribution in [3.8, 4) is 0 Å². The average Bonchev–Trinajstić information content (AvgIpc) is 1.88. The van der Waals surface area contributed by atoms with E-state index >= 15 is 0 Å². The number of nitrogens with zero attached hydrogens (tertiary/aromatic N) is 2. The van der Waals surface area contributed by atoms with Crippen molar-refractivity contribution in [2.75, 3.05) is 0 Å². The highest BCUT2D eigenvalue weighted by Crippen LogP contribution is 1.70. The molecule has 0 aromatic carbocycles. The van der Waals surface area contributed by atoms with Gasteiger partial charge >= 0.3 is 0 Å². The molecule has 2 N–H and O–H groups in total. The number of halogens is 1. The number of hydrogen-bond acceptors (Lipinski definition) is 2. The van der Waals surface area contributed by atoms with Gasteiger partial charge in [-0.1, -0.05) is 4.68 Å². The Labute approximate surface area is 70.4 Å². The van der Waals surface area contributed by atoms with Crippen LogP contribution in [0.2, 0.25) is 0 Å². The zero-order valence-electron chi connectivity index (χ0n) is 5.77. The molecule has 0 aliphatic rings. The summed E-state index contributed by atoms with van der Waals surface area (Å²) < 4.78 is 1.47. The van der Waals surface area contributed by atoms with E-state index in [-0.39, 0.29) is 24.9 Å². The number of aromatic nitrogens is 2. The summed E-state index contributed by atoms with van der Waals surface area (Å²) in [7, 11) is 0. The molecule has 0 atom stereocenters. The van der Waals surface area contributed by atoms with Crippen LogP contribution < -0.4 is 22.8 Å². The van der Waals surface area contributed by atoms with Crippen LogP contribution in [0.15, 0.2) is 24.5 Å². The fourth-order valence-corrected chi connectivity index (χ4v) is 0.615. The Morgan fingerprint density at radius 1 is 1.55 bits per heavy atom. The van der Waals surface area contributed by atoms with E-state index in [4.69, 9.17) is 5.73 Å². The van der Waals surface area contributed by atoms with Gasteiger partial charge in [-0.25, -0.2) is 0 Å². The van der Waals surface area contributed by atoms with Crippen molar-refractivity contribution in [2.45, 2.75) is 6.54 Å². The number of primary amides is 1. The normalized spacial score (nSPS) is 8.36. The van der Waals surface area contributed by atoms with Crippen molar-refractivity contribution >= 4 is 5.91 Å². The number of amides is 1. The fourth-order valence-electron chi connectivity index (χ4n) is 0.615. The fraction of sp³-hybridized carbons (Fsp3) is 0.167. The second-order valence-corrected chi connectivity index (χ2v) is 1.86. The predicted molar refractivity (Wildman–Crippen MR) is 33.6 cm³/mol. The van der Waals surface area contributed by atoms with Crippen LogP contribution in [-0.4, -0.2) is 11.0 Å². The van der Waals surface area contributed by atoms with Crippen LogP contribution in [0.5, 0.6) is 0 Å². The summed E-state index contributed by atoms with van der Waals surface area (Å²) in [5, 5.41) is 3.83. The molecule has 60 valence electrons. The maximum Gasteiger partial charge on any atom is 0.285 e. The minimum absolute atomic E-state index is 0. The van der Waals surface area contributed by atoms with Crippen LogP contribution in [0, 0.1) is 0 Å². The highest BCUT2D eigenvalue weighted by molar-refractivity contribution is 5.71. The van der Waals surface area contributed by atoms with E-state index in [0.29, 0.717) is 0 Å². The lowest BCUT2D eigenvalue weighted by Gasteiger charge is -1.85. The molecule has 0 aliphatic heterocycles. The van der Waals surface area contributed by atoms with Gasteiger partial charge in [0.2, 0.25) is 0 Å². The number of carbonyl (C=O) groups is 1. The molecule has 0 unspecified atom stereocenters. The Bertz CT molecular complexity index is 227. The summed E-state index contributed by atoms with van der Waals surface area (Å²) in [6.45, 7) is 0.140. The highest BCUT2D eigenvalue weighted by Gasteiger charge is 2.03. The largest absolute Gasteiger partial charge is 1.00 e. The standard InChI is InChI=1S/C6H7N3O.ClH/c7-6(10)5-9-4-2-1-3-8-9;/h1-4H,5H2,(H-,7,10);1H. The Kier molecular flexibility index (Phi) is 4.14. The van der Waals surface area contributed by atoms with Crippen LogP contribution >= 0.6 is 0 Å². The first-order valence-electron chi connectivity index (χ1n) is 2.88. The molecule has 0 radical (unpaired) electrons. The van der Waals surface area contributed by atoms with E-state index in [1.165, 1.54) is 4.68 Å². The van der Waals surface area contributed by atoms with Crippen molar-refractivity contribution in [3.63, 3.8) is 0 Å². The Morgan fingerprint density at radius 2 is 2.27 bits per heavy atom. The van der Waals surface area contributed by atoms with Crippen LogP contribution in [0.25, 0.3) is 0 Å². The van der Waals surface area contributed by atoms with Crippen molar-refractivity contribution in [3.05, 3.63) is 24.5 Å². The molecule has 0 saturated carbocycles. The monoisotopic (exact) mass is 173 g/mol. The third-order valence-electron chi connectivity index (χ3n) is 0.988. The van der Waals surface area contributed by atoms with Crippen LogP contribution in [-0.2, 0) is 11.3 Å². The van der Waals surface area contributed by atoms with E-state index in [1.807, 2.05) is 0 Å². The van der Waals surface area contributed by atoms with Gasteiger partial charge in [0.25, 0.3) is 12.5 Å². The van der Waals surface area contributed by atoms with E-state index in [1.54, 1.807) is 24.5 Å². The predicted octanol–water partition coefficient (Wildman–Crippen LogP) is -4.14. The van der Waals surface area contributed by atoms with Gasteiger partial charge in [-0.3, -0.25) is 4.79 Å². The van der Waals surface area contributed by atoms with E-state index in [0.717, 1.165) is 0 Å². The molecular weight excluding hydrogens is 166 g/mol. The summed E-state index contributed by atoms with van der Waals surface area (Å²) >= 11 is 0. The van der Waals surface area contributed by atoms with Gasteiger partial charge in [0, 0.05) is 6.07 Å². The first kappa shape index (κ1) is 9.84. The maximum atomic E-state index is 10.3. The van der Waals surface area contributed by atoms with Gasteiger partial charge in [-0.15, -0.1) is 0 Å². The molecule has 1 aromatic heterocycles. The van der Waals surface area contributed by atoms with Gasteiger partial charge in [-0.05, 0) is 11.2 Å². The lowest BCUT2D eigenvalue weighted by atomic mass is 10.5. The Balaban J connectivity index is 0.000001000. The molecule has 0 spiro atoms. The van der Waals surface area contributed by atoms with Gasteiger partial charge < -0.3 is 18.1 Å². The summed E-state index contributed by atoms with van der Waals surface area (Å²) in [4.78, 5) is 10.3. The van der Waals surface area contributed by atoms with Crippen molar-refractivity contribution < 1.29 is 21.9 Å². The zero-order chi connectivity index (χ0) is 7.40. The summed E-state index contributed by atoms with van der Waals surface area (Å²) in [6.07, 6.45) is 3.29. The lowest BCUT2D eigenvalue weighted by Crippen LogP contribution is -3.00. The molecule has 1 aromatic rings. The maximum absolute atomic E-state index is 10.3. The van der Waals surface area contributed by atoms with Crippen molar-refractivity contribution in [1.29, 1.82) is 0 Å². The summed E-state index contributed by atoms with van der Waals surface area (Å²) in [5.41, 5.74) is 4.92. The minimum atomic E-state index is -0.385. The average molecular weight is 174 g/mol. The molecule has 1 rings (SSSR count). The molecule has 11 heavy (non-hydrogen) atoms. The second-order valence-electron chi connectivity index (χ2n) is 1.86. The van der Waals surface area contributed by atoms with E-state index in [2.05, 4.69) is 5.10 Å². The summed E-state index contributed by atoms with van der Waals surface area (Å²) in [5.74, 6) is -0.385. The molecule has 0 saturated heterocycles. The first-order chi connectivity index (χ1) is 4.79. The minimum Gasteiger partial charge on any atom is -1.00 e. The lowest BCUT2D eigenvalue weighted by molar-refractivity contribution is -0.742. The zero-order valence-corrected chi connectivity index (χ0v) is 6.53. The third kappa shape index (κ3) is 3.52. The third-order valence-corrected chi connectivity index (χ3v) is 0.988. The quantitative estimate of drug-likeness (QED) is 0.462. The molecule has 4 nitrogen and oxygen atoms in total. The molecule has 1 amide bonds. The van der Waals surface area contributed by atoms with E-state index in [9.17, 15) is 4.79 Å². The van der Waals surface area contributed by atoms with Crippen molar-refractivity contribution in [1.82, 2.24) is 5.10 Å². The molecule has 5 heteroatoms. The highest BCUT2D eigenvalue weighted by atomic mass is 35.5. The topological polar surface area (TPSA) is 59.9 Å². The molecular formula is C6H8ClN3O. The molecule has 1 heterocycles. The van der Waals surface area contributed by atoms with Gasteiger partial charge in [0.1, 0.15) is 0 Å². The molecule has 0 aliphatic carbocycles. The van der Waals surface area contributed by atoms with Gasteiger partial charge in [-0.2, -0.15) is 0 Å². The molecule has 0 fully saturated rings. The smallest absolute Gasteiger partial charge is 0.285 e. The second kappa shape index (κ2) is 4.62. The molecule has 0 bridgehead atoms. The SMILES string of the molecule is NC(=O)C[n+]1ccccn1.[Cl-]. The van der Waals surface area contributed by atoms with Crippen molar-refractivity contribution in [2.24, 2.45) is 5.73 Å². The number of rotatable bonds is 2.